The van der Waals surface area contributed by atoms with E-state index in [-0.39, 0.29) is 19.0 Å². The summed E-state index contributed by atoms with van der Waals surface area (Å²) in [6, 6.07) is 15.6. The molecule has 0 aliphatic rings. The predicted molar refractivity (Wildman–Crippen MR) is 123 cm³/mol. The summed E-state index contributed by atoms with van der Waals surface area (Å²) in [6.45, 7) is 5.78. The van der Waals surface area contributed by atoms with E-state index in [1.807, 2.05) is 57.2 Å². The van der Waals surface area contributed by atoms with Gasteiger partial charge in [0, 0.05) is 13.1 Å². The molecule has 0 radical (unpaired) electrons. The summed E-state index contributed by atoms with van der Waals surface area (Å²) >= 11 is 0. The number of anilines is 1. The Balaban J connectivity index is 2.40. The van der Waals surface area contributed by atoms with Crippen molar-refractivity contribution in [1.82, 2.24) is 10.2 Å². The fourth-order valence-electron chi connectivity index (χ4n) is 3.39. The maximum Gasteiger partial charge on any atom is 0.244 e. The molecule has 0 saturated carbocycles. The maximum atomic E-state index is 13.4. The average Bonchev–Trinajstić information content (AvgIpc) is 2.71. The second kappa shape index (κ2) is 10.9. The van der Waals surface area contributed by atoms with Crippen molar-refractivity contribution < 1.29 is 18.0 Å². The lowest BCUT2D eigenvalue weighted by molar-refractivity contribution is -0.140. The average molecular weight is 446 g/mol. The summed E-state index contributed by atoms with van der Waals surface area (Å²) in [5, 5.41) is 2.78. The van der Waals surface area contributed by atoms with E-state index in [1.54, 1.807) is 18.2 Å². The monoisotopic (exact) mass is 445 g/mol. The van der Waals surface area contributed by atoms with Gasteiger partial charge in [-0.05, 0) is 43.5 Å². The van der Waals surface area contributed by atoms with E-state index in [4.69, 9.17) is 0 Å². The number of nitrogens with one attached hydrogen (secondary N) is 1. The van der Waals surface area contributed by atoms with Crippen LogP contribution >= 0.6 is 0 Å². The molecule has 31 heavy (non-hydrogen) atoms. The number of hydrogen-bond donors (Lipinski definition) is 1. The minimum atomic E-state index is -3.71. The zero-order valence-corrected chi connectivity index (χ0v) is 19.4. The Bertz CT molecular complexity index is 993. The van der Waals surface area contributed by atoms with Gasteiger partial charge in [-0.1, -0.05) is 49.4 Å². The summed E-state index contributed by atoms with van der Waals surface area (Å²) in [4.78, 5) is 27.5. The zero-order chi connectivity index (χ0) is 23.0. The third-order valence-electron chi connectivity index (χ3n) is 4.90. The number of carbonyl (C=O) groups excluding carboxylic acids is 2. The van der Waals surface area contributed by atoms with Crippen molar-refractivity contribution in [3.8, 4) is 0 Å². The van der Waals surface area contributed by atoms with Crippen molar-refractivity contribution in [2.45, 2.75) is 39.8 Å². The quantitative estimate of drug-likeness (QED) is 0.609. The highest BCUT2D eigenvalue weighted by Gasteiger charge is 2.31. The van der Waals surface area contributed by atoms with Crippen LogP contribution in [0, 0.1) is 6.92 Å². The second-order valence-corrected chi connectivity index (χ2v) is 9.34. The Morgan fingerprint density at radius 1 is 1.03 bits per heavy atom. The number of sulfonamides is 1. The van der Waals surface area contributed by atoms with E-state index in [0.29, 0.717) is 18.7 Å². The second-order valence-electron chi connectivity index (χ2n) is 7.43. The van der Waals surface area contributed by atoms with Crippen LogP contribution in [0.15, 0.2) is 54.6 Å². The number of amides is 2. The lowest BCUT2D eigenvalue weighted by Crippen LogP contribution is -2.52. The van der Waals surface area contributed by atoms with Crippen molar-refractivity contribution in [2.24, 2.45) is 0 Å². The first kappa shape index (κ1) is 24.4. The SMILES string of the molecule is CCNC(=O)[C@@H](CC)N(Cc1ccccc1)C(=O)CN(c1cccc(C)c1)S(C)(=O)=O. The lowest BCUT2D eigenvalue weighted by Gasteiger charge is -2.32. The molecule has 0 saturated heterocycles. The normalized spacial score (nSPS) is 12.1. The van der Waals surface area contributed by atoms with Crippen LogP contribution in [0.4, 0.5) is 5.69 Å². The molecule has 0 heterocycles. The Hall–Kier alpha value is -2.87. The van der Waals surface area contributed by atoms with E-state index < -0.39 is 22.0 Å². The summed E-state index contributed by atoms with van der Waals surface area (Å²) in [5.41, 5.74) is 2.16. The molecular weight excluding hydrogens is 414 g/mol. The van der Waals surface area contributed by atoms with Crippen LogP contribution in [0.3, 0.4) is 0 Å². The topological polar surface area (TPSA) is 86.8 Å². The molecule has 168 valence electrons. The van der Waals surface area contributed by atoms with Crippen molar-refractivity contribution in [3.63, 3.8) is 0 Å². The molecule has 1 atom stereocenters. The van der Waals surface area contributed by atoms with E-state index in [0.717, 1.165) is 21.7 Å². The van der Waals surface area contributed by atoms with Crippen molar-refractivity contribution in [2.75, 3.05) is 23.7 Å². The number of carbonyl (C=O) groups is 2. The van der Waals surface area contributed by atoms with Gasteiger partial charge in [-0.15, -0.1) is 0 Å². The fourth-order valence-corrected chi connectivity index (χ4v) is 4.23. The van der Waals surface area contributed by atoms with Gasteiger partial charge >= 0.3 is 0 Å². The van der Waals surface area contributed by atoms with E-state index in [2.05, 4.69) is 5.32 Å². The van der Waals surface area contributed by atoms with Crippen LogP contribution in [0.25, 0.3) is 0 Å². The molecule has 2 rings (SSSR count). The summed E-state index contributed by atoms with van der Waals surface area (Å²) in [7, 11) is -3.71. The van der Waals surface area contributed by atoms with Gasteiger partial charge in [0.25, 0.3) is 0 Å². The highest BCUT2D eigenvalue weighted by molar-refractivity contribution is 7.92. The highest BCUT2D eigenvalue weighted by atomic mass is 32.2. The van der Waals surface area contributed by atoms with Crippen LogP contribution in [-0.4, -0.2) is 50.5 Å². The highest BCUT2D eigenvalue weighted by Crippen LogP contribution is 2.20. The molecule has 7 nitrogen and oxygen atoms in total. The van der Waals surface area contributed by atoms with Crippen LogP contribution in [0.1, 0.15) is 31.4 Å². The third-order valence-corrected chi connectivity index (χ3v) is 6.04. The summed E-state index contributed by atoms with van der Waals surface area (Å²) in [6.07, 6.45) is 1.49. The molecular formula is C23H31N3O4S. The molecule has 1 N–H and O–H groups in total. The molecule has 0 aromatic heterocycles. The number of nitrogens with zero attached hydrogens (tertiary/aromatic N) is 2. The summed E-state index contributed by atoms with van der Waals surface area (Å²) < 4.78 is 26.1. The molecule has 2 amide bonds. The molecule has 0 fully saturated rings. The van der Waals surface area contributed by atoms with Gasteiger partial charge in [0.2, 0.25) is 21.8 Å². The van der Waals surface area contributed by atoms with Gasteiger partial charge in [-0.3, -0.25) is 13.9 Å². The van der Waals surface area contributed by atoms with Crippen molar-refractivity contribution in [1.29, 1.82) is 0 Å². The minimum absolute atomic E-state index is 0.209. The maximum absolute atomic E-state index is 13.4. The van der Waals surface area contributed by atoms with Gasteiger partial charge in [-0.25, -0.2) is 8.42 Å². The lowest BCUT2D eigenvalue weighted by atomic mass is 10.1. The minimum Gasteiger partial charge on any atom is -0.355 e. The summed E-state index contributed by atoms with van der Waals surface area (Å²) in [5.74, 6) is -0.690. The number of rotatable bonds is 10. The molecule has 0 unspecified atom stereocenters. The first-order valence-electron chi connectivity index (χ1n) is 10.3. The van der Waals surface area contributed by atoms with Crippen LogP contribution < -0.4 is 9.62 Å². The fraction of sp³-hybridized carbons (Fsp3) is 0.391. The van der Waals surface area contributed by atoms with Gasteiger partial charge in [0.15, 0.2) is 0 Å². The Labute approximate surface area is 185 Å². The molecule has 0 aliphatic heterocycles. The first-order chi connectivity index (χ1) is 14.7. The molecule has 0 aliphatic carbocycles. The number of benzene rings is 2. The third kappa shape index (κ3) is 6.82. The van der Waals surface area contributed by atoms with Crippen LogP contribution in [0.2, 0.25) is 0 Å². The van der Waals surface area contributed by atoms with E-state index >= 15 is 0 Å². The molecule has 0 spiro atoms. The van der Waals surface area contributed by atoms with E-state index in [1.165, 1.54) is 4.90 Å². The van der Waals surface area contributed by atoms with Crippen LogP contribution in [0.5, 0.6) is 0 Å². The molecule has 0 bridgehead atoms. The molecule has 8 heteroatoms. The Kier molecular flexibility index (Phi) is 8.62. The number of aryl methyl sites for hydroxylation is 1. The van der Waals surface area contributed by atoms with Gasteiger partial charge in [-0.2, -0.15) is 0 Å². The van der Waals surface area contributed by atoms with Gasteiger partial charge < -0.3 is 10.2 Å². The Morgan fingerprint density at radius 2 is 1.71 bits per heavy atom. The van der Waals surface area contributed by atoms with Crippen molar-refractivity contribution in [3.05, 3.63) is 65.7 Å². The van der Waals surface area contributed by atoms with Crippen molar-refractivity contribution >= 4 is 27.5 Å². The Morgan fingerprint density at radius 3 is 2.26 bits per heavy atom. The molecule has 2 aromatic carbocycles. The smallest absolute Gasteiger partial charge is 0.244 e. The predicted octanol–water partition coefficient (Wildman–Crippen LogP) is 2.70. The number of hydrogen-bond acceptors (Lipinski definition) is 4. The van der Waals surface area contributed by atoms with Crippen LogP contribution in [-0.2, 0) is 26.2 Å². The largest absolute Gasteiger partial charge is 0.355 e. The molecule has 2 aromatic rings. The van der Waals surface area contributed by atoms with E-state index in [9.17, 15) is 18.0 Å². The zero-order valence-electron chi connectivity index (χ0n) is 18.5. The number of likely N-dealkylation sites (N-methyl/N-ethyl adjacent to an activating group) is 1. The van der Waals surface area contributed by atoms with Gasteiger partial charge in [0.1, 0.15) is 12.6 Å². The standard InChI is InChI=1S/C23H31N3O4S/c1-5-21(23(28)24-6-2)25(16-19-12-8-7-9-13-19)22(27)17-26(31(4,29)30)20-14-10-11-18(3)15-20/h7-15,21H,5-6,16-17H2,1-4H3,(H,24,28)/t21-/m1/s1. The first-order valence-corrected chi connectivity index (χ1v) is 12.2. The van der Waals surface area contributed by atoms with Gasteiger partial charge in [0.05, 0.1) is 11.9 Å².